The quantitative estimate of drug-likeness (QED) is 0.887. The summed E-state index contributed by atoms with van der Waals surface area (Å²) in [6, 6.07) is 11.7. The molecular weight excluding hydrogens is 336 g/mol. The zero-order valence-corrected chi connectivity index (χ0v) is 15.1. The average Bonchev–Trinajstić information content (AvgIpc) is 2.61. The minimum Gasteiger partial charge on any atom is -0.371 e. The molecule has 0 amide bonds. The van der Waals surface area contributed by atoms with Crippen molar-refractivity contribution in [3.05, 3.63) is 36.0 Å². The van der Waals surface area contributed by atoms with Gasteiger partial charge in [0.2, 0.25) is 10.0 Å². The smallest absolute Gasteiger partial charge is 0.211 e. The molecule has 1 saturated heterocycles. The Hall–Kier alpha value is -2.17. The van der Waals surface area contributed by atoms with Crippen LogP contribution in [0.5, 0.6) is 0 Å². The lowest BCUT2D eigenvalue weighted by molar-refractivity contribution is 0.460. The van der Waals surface area contributed by atoms with Gasteiger partial charge in [0, 0.05) is 30.2 Å². The van der Waals surface area contributed by atoms with Crippen LogP contribution in [0.15, 0.2) is 30.3 Å². The minimum atomic E-state index is -3.18. The van der Waals surface area contributed by atoms with Crippen LogP contribution >= 0.6 is 0 Å². The lowest BCUT2D eigenvalue weighted by Crippen LogP contribution is -2.45. The first-order chi connectivity index (χ1) is 12.0. The molecule has 1 N–H and O–H groups in total. The van der Waals surface area contributed by atoms with Crippen molar-refractivity contribution in [2.24, 2.45) is 0 Å². The number of fused-ring (bicyclic) bond motifs is 1. The van der Waals surface area contributed by atoms with E-state index in [1.165, 1.54) is 0 Å². The number of benzene rings is 1. The SMILES string of the molecule is CCCS(=O)(=O)NC1CCN(c2cc(C#N)nc3ccccc23)CC1. The van der Waals surface area contributed by atoms with E-state index < -0.39 is 10.0 Å². The predicted molar refractivity (Wildman–Crippen MR) is 98.9 cm³/mol. The second-order valence-corrected chi connectivity index (χ2v) is 8.23. The standard InChI is InChI=1S/C18H22N4O2S/c1-2-11-25(23,24)21-14-7-9-22(10-8-14)18-12-15(13-19)20-17-6-4-3-5-16(17)18/h3-6,12,14,21H,2,7-11H2,1H3. The van der Waals surface area contributed by atoms with Crippen LogP contribution in [-0.2, 0) is 10.0 Å². The van der Waals surface area contributed by atoms with Crippen molar-refractivity contribution < 1.29 is 8.42 Å². The van der Waals surface area contributed by atoms with Crippen molar-refractivity contribution in [2.75, 3.05) is 23.7 Å². The molecule has 6 nitrogen and oxygen atoms in total. The number of pyridine rings is 1. The van der Waals surface area contributed by atoms with Gasteiger partial charge < -0.3 is 4.90 Å². The third kappa shape index (κ3) is 4.09. The second-order valence-electron chi connectivity index (χ2n) is 6.35. The Labute approximate surface area is 148 Å². The first-order valence-corrected chi connectivity index (χ1v) is 10.2. The fraction of sp³-hybridized carbons (Fsp3) is 0.444. The van der Waals surface area contributed by atoms with Crippen LogP contribution in [0.2, 0.25) is 0 Å². The van der Waals surface area contributed by atoms with Crippen LogP contribution < -0.4 is 9.62 Å². The third-order valence-electron chi connectivity index (χ3n) is 4.46. The van der Waals surface area contributed by atoms with E-state index in [1.807, 2.05) is 37.3 Å². The average molecular weight is 358 g/mol. The van der Waals surface area contributed by atoms with Crippen LogP contribution in [0.25, 0.3) is 10.9 Å². The monoisotopic (exact) mass is 358 g/mol. The van der Waals surface area contributed by atoms with Crippen LogP contribution in [0.3, 0.4) is 0 Å². The van der Waals surface area contributed by atoms with Crippen molar-refractivity contribution in [1.82, 2.24) is 9.71 Å². The summed E-state index contributed by atoms with van der Waals surface area (Å²) >= 11 is 0. The highest BCUT2D eigenvalue weighted by Crippen LogP contribution is 2.29. The molecule has 25 heavy (non-hydrogen) atoms. The topological polar surface area (TPSA) is 86.1 Å². The molecule has 132 valence electrons. The second kappa shape index (κ2) is 7.38. The molecule has 7 heteroatoms. The highest BCUT2D eigenvalue weighted by Gasteiger charge is 2.24. The van der Waals surface area contributed by atoms with Gasteiger partial charge in [-0.2, -0.15) is 5.26 Å². The van der Waals surface area contributed by atoms with Crippen molar-refractivity contribution >= 4 is 26.6 Å². The number of hydrogen-bond donors (Lipinski definition) is 1. The molecule has 1 aromatic carbocycles. The molecule has 0 radical (unpaired) electrons. The van der Waals surface area contributed by atoms with Crippen LogP contribution in [0.1, 0.15) is 31.9 Å². The zero-order chi connectivity index (χ0) is 17.9. The molecule has 1 aliphatic rings. The zero-order valence-electron chi connectivity index (χ0n) is 14.3. The first kappa shape index (κ1) is 17.6. The molecule has 1 aromatic heterocycles. The number of aromatic nitrogens is 1. The number of piperidine rings is 1. The third-order valence-corrected chi connectivity index (χ3v) is 6.10. The summed E-state index contributed by atoms with van der Waals surface area (Å²) in [5, 5.41) is 10.3. The van der Waals surface area contributed by atoms with Crippen molar-refractivity contribution in [3.63, 3.8) is 0 Å². The van der Waals surface area contributed by atoms with E-state index in [0.29, 0.717) is 12.1 Å². The number of nitriles is 1. The van der Waals surface area contributed by atoms with E-state index in [0.717, 1.165) is 42.5 Å². The van der Waals surface area contributed by atoms with E-state index in [9.17, 15) is 13.7 Å². The lowest BCUT2D eigenvalue weighted by atomic mass is 10.0. The summed E-state index contributed by atoms with van der Waals surface area (Å²) < 4.78 is 26.7. The Kier molecular flexibility index (Phi) is 5.21. The molecular formula is C18H22N4O2S. The van der Waals surface area contributed by atoms with E-state index >= 15 is 0 Å². The number of anilines is 1. The summed E-state index contributed by atoms with van der Waals surface area (Å²) in [7, 11) is -3.18. The van der Waals surface area contributed by atoms with E-state index in [4.69, 9.17) is 0 Å². The first-order valence-electron chi connectivity index (χ1n) is 8.57. The molecule has 0 saturated carbocycles. The summed E-state index contributed by atoms with van der Waals surface area (Å²) in [6.07, 6.45) is 2.12. The maximum Gasteiger partial charge on any atom is 0.211 e. The molecule has 0 unspecified atom stereocenters. The number of sulfonamides is 1. The normalized spacial score (nSPS) is 16.1. The summed E-state index contributed by atoms with van der Waals surface area (Å²) in [5.74, 6) is 0.174. The van der Waals surface area contributed by atoms with Crippen molar-refractivity contribution in [1.29, 1.82) is 5.26 Å². The van der Waals surface area contributed by atoms with Gasteiger partial charge in [-0.15, -0.1) is 0 Å². The van der Waals surface area contributed by atoms with Gasteiger partial charge in [-0.3, -0.25) is 0 Å². The number of nitrogens with one attached hydrogen (secondary N) is 1. The molecule has 1 fully saturated rings. The molecule has 2 aromatic rings. The van der Waals surface area contributed by atoms with Gasteiger partial charge in [0.15, 0.2) is 0 Å². The van der Waals surface area contributed by atoms with E-state index in [1.54, 1.807) is 0 Å². The lowest BCUT2D eigenvalue weighted by Gasteiger charge is -2.34. The van der Waals surface area contributed by atoms with Gasteiger partial charge in [-0.25, -0.2) is 18.1 Å². The largest absolute Gasteiger partial charge is 0.371 e. The Balaban J connectivity index is 1.77. The van der Waals surface area contributed by atoms with Gasteiger partial charge in [-0.05, 0) is 31.4 Å². The molecule has 0 bridgehead atoms. The van der Waals surface area contributed by atoms with Crippen molar-refractivity contribution in [3.8, 4) is 6.07 Å². The fourth-order valence-electron chi connectivity index (χ4n) is 3.30. The Morgan fingerprint density at radius 1 is 1.32 bits per heavy atom. The van der Waals surface area contributed by atoms with Gasteiger partial charge in [0.25, 0.3) is 0 Å². The molecule has 0 spiro atoms. The highest BCUT2D eigenvalue weighted by molar-refractivity contribution is 7.89. The Bertz CT molecular complexity index is 897. The fourth-order valence-corrected chi connectivity index (χ4v) is 4.69. The maximum absolute atomic E-state index is 11.9. The Morgan fingerprint density at radius 3 is 2.72 bits per heavy atom. The van der Waals surface area contributed by atoms with Gasteiger partial charge in [0.1, 0.15) is 11.8 Å². The molecule has 1 aliphatic heterocycles. The summed E-state index contributed by atoms with van der Waals surface area (Å²) in [5.41, 5.74) is 2.21. The molecule has 0 atom stereocenters. The highest BCUT2D eigenvalue weighted by atomic mass is 32.2. The molecule has 2 heterocycles. The van der Waals surface area contributed by atoms with E-state index in [2.05, 4.69) is 20.7 Å². The molecule has 3 rings (SSSR count). The number of rotatable bonds is 5. The maximum atomic E-state index is 11.9. The van der Waals surface area contributed by atoms with Gasteiger partial charge in [0.05, 0.1) is 11.3 Å². The Morgan fingerprint density at radius 2 is 2.04 bits per heavy atom. The number of nitrogens with zero attached hydrogens (tertiary/aromatic N) is 3. The number of para-hydroxylation sites is 1. The van der Waals surface area contributed by atoms with Crippen LogP contribution in [-0.4, -0.2) is 38.3 Å². The van der Waals surface area contributed by atoms with Gasteiger partial charge in [-0.1, -0.05) is 25.1 Å². The summed E-state index contributed by atoms with van der Waals surface area (Å²) in [6.45, 7) is 3.36. The number of hydrogen-bond acceptors (Lipinski definition) is 5. The van der Waals surface area contributed by atoms with Crippen molar-refractivity contribution in [2.45, 2.75) is 32.2 Å². The minimum absolute atomic E-state index is 0.0173. The van der Waals surface area contributed by atoms with Crippen LogP contribution in [0.4, 0.5) is 5.69 Å². The summed E-state index contributed by atoms with van der Waals surface area (Å²) in [4.78, 5) is 6.57. The predicted octanol–water partition coefficient (Wildman–Crippen LogP) is 2.40. The molecule has 0 aliphatic carbocycles. The van der Waals surface area contributed by atoms with Gasteiger partial charge >= 0.3 is 0 Å². The van der Waals surface area contributed by atoms with E-state index in [-0.39, 0.29) is 11.8 Å². The van der Waals surface area contributed by atoms with Crippen LogP contribution in [0, 0.1) is 11.3 Å².